The lowest BCUT2D eigenvalue weighted by atomic mass is 10.2. The summed E-state index contributed by atoms with van der Waals surface area (Å²) in [6, 6.07) is 4.37. The molecule has 2 N–H and O–H groups in total. The second kappa shape index (κ2) is 6.79. The van der Waals surface area contributed by atoms with Gasteiger partial charge < -0.3 is 15.4 Å². The van der Waals surface area contributed by atoms with E-state index >= 15 is 0 Å². The Bertz CT molecular complexity index is 360. The molecule has 5 heteroatoms. The van der Waals surface area contributed by atoms with E-state index < -0.39 is 0 Å². The first kappa shape index (κ1) is 14.2. The minimum atomic E-state index is -0.365. The molecule has 96 valence electrons. The molecule has 0 aromatic heterocycles. The van der Waals surface area contributed by atoms with Crippen LogP contribution in [0.4, 0.5) is 4.39 Å². The lowest BCUT2D eigenvalue weighted by Crippen LogP contribution is -2.36. The van der Waals surface area contributed by atoms with Crippen molar-refractivity contribution in [1.29, 1.82) is 0 Å². The van der Waals surface area contributed by atoms with E-state index in [1.807, 2.05) is 14.1 Å². The number of nitrogens with zero attached hydrogens (tertiary/aromatic N) is 1. The van der Waals surface area contributed by atoms with E-state index in [2.05, 4.69) is 4.90 Å². The van der Waals surface area contributed by atoms with Crippen molar-refractivity contribution in [3.05, 3.63) is 29.0 Å². The van der Waals surface area contributed by atoms with E-state index in [9.17, 15) is 4.39 Å². The smallest absolute Gasteiger partial charge is 0.138 e. The van der Waals surface area contributed by atoms with Crippen LogP contribution in [0.25, 0.3) is 0 Å². The number of likely N-dealkylation sites (N-methyl/N-ethyl adjacent to an activating group) is 1. The minimum Gasteiger partial charge on any atom is -0.492 e. The molecule has 3 nitrogen and oxygen atoms in total. The molecule has 0 fully saturated rings. The van der Waals surface area contributed by atoms with Gasteiger partial charge in [-0.15, -0.1) is 0 Å². The number of hydrogen-bond donors (Lipinski definition) is 1. The predicted octanol–water partition coefficient (Wildman–Crippen LogP) is 2.14. The highest BCUT2D eigenvalue weighted by molar-refractivity contribution is 6.32. The average molecular weight is 261 g/mol. The highest BCUT2D eigenvalue weighted by Gasteiger charge is 2.10. The average Bonchev–Trinajstić information content (AvgIpc) is 2.26. The Hall–Kier alpha value is -0.840. The predicted molar refractivity (Wildman–Crippen MR) is 68.1 cm³/mol. The first-order valence-electron chi connectivity index (χ1n) is 5.49. The molecular weight excluding hydrogens is 243 g/mol. The summed E-state index contributed by atoms with van der Waals surface area (Å²) in [5, 5.41) is 0.291. The van der Waals surface area contributed by atoms with Gasteiger partial charge in [-0.2, -0.15) is 0 Å². The third-order valence-corrected chi connectivity index (χ3v) is 2.90. The first-order valence-corrected chi connectivity index (χ1v) is 5.86. The molecule has 1 aromatic carbocycles. The Morgan fingerprint density at radius 3 is 2.71 bits per heavy atom. The van der Waals surface area contributed by atoms with E-state index in [0.717, 1.165) is 6.42 Å². The van der Waals surface area contributed by atoms with Crippen LogP contribution in [0.1, 0.15) is 6.42 Å². The Morgan fingerprint density at radius 1 is 1.47 bits per heavy atom. The van der Waals surface area contributed by atoms with Gasteiger partial charge in [-0.05, 0) is 38.7 Å². The van der Waals surface area contributed by atoms with Crippen molar-refractivity contribution in [3.8, 4) is 5.75 Å². The second-order valence-electron chi connectivity index (χ2n) is 4.07. The number of ether oxygens (including phenoxy) is 1. The van der Waals surface area contributed by atoms with E-state index in [4.69, 9.17) is 22.1 Å². The van der Waals surface area contributed by atoms with Crippen molar-refractivity contribution >= 4 is 11.6 Å². The molecule has 0 heterocycles. The van der Waals surface area contributed by atoms with Crippen molar-refractivity contribution < 1.29 is 9.13 Å². The monoisotopic (exact) mass is 260 g/mol. The molecule has 0 aliphatic heterocycles. The summed E-state index contributed by atoms with van der Waals surface area (Å²) in [7, 11) is 3.95. The number of benzene rings is 1. The van der Waals surface area contributed by atoms with E-state index in [1.165, 1.54) is 18.2 Å². The lowest BCUT2D eigenvalue weighted by Gasteiger charge is -2.22. The summed E-state index contributed by atoms with van der Waals surface area (Å²) in [5.74, 6) is 0.137. The molecule has 0 saturated carbocycles. The van der Waals surface area contributed by atoms with Crippen LogP contribution < -0.4 is 10.5 Å². The number of hydrogen-bond acceptors (Lipinski definition) is 3. The van der Waals surface area contributed by atoms with Crippen molar-refractivity contribution in [2.45, 2.75) is 12.5 Å². The molecule has 0 bridgehead atoms. The first-order chi connectivity index (χ1) is 8.04. The van der Waals surface area contributed by atoms with Crippen molar-refractivity contribution in [3.63, 3.8) is 0 Å². The highest BCUT2D eigenvalue weighted by atomic mass is 35.5. The van der Waals surface area contributed by atoms with E-state index in [1.54, 1.807) is 0 Å². The molecular formula is C12H18ClFN2O. The number of rotatable bonds is 6. The molecule has 17 heavy (non-hydrogen) atoms. The Labute approximate surface area is 106 Å². The van der Waals surface area contributed by atoms with Crippen LogP contribution in [0.15, 0.2) is 18.2 Å². The van der Waals surface area contributed by atoms with Gasteiger partial charge in [0.05, 0.1) is 11.6 Å². The van der Waals surface area contributed by atoms with Gasteiger partial charge in [-0.25, -0.2) is 4.39 Å². The van der Waals surface area contributed by atoms with Gasteiger partial charge in [0, 0.05) is 12.6 Å². The maximum atomic E-state index is 12.8. The summed E-state index contributed by atoms with van der Waals surface area (Å²) in [6.45, 7) is 1.08. The Balaban J connectivity index is 2.45. The van der Waals surface area contributed by atoms with Gasteiger partial charge in [0.2, 0.25) is 0 Å². The Morgan fingerprint density at radius 2 is 2.18 bits per heavy atom. The van der Waals surface area contributed by atoms with Crippen LogP contribution in [0.5, 0.6) is 5.75 Å². The number of nitrogens with two attached hydrogens (primary N) is 1. The summed E-state index contributed by atoms with van der Waals surface area (Å²) in [4.78, 5) is 2.05. The topological polar surface area (TPSA) is 38.5 Å². The van der Waals surface area contributed by atoms with Crippen LogP contribution in [0, 0.1) is 5.82 Å². The summed E-state index contributed by atoms with van der Waals surface area (Å²) >= 11 is 5.84. The summed E-state index contributed by atoms with van der Waals surface area (Å²) < 4.78 is 18.3. The fraction of sp³-hybridized carbons (Fsp3) is 0.500. The fourth-order valence-corrected chi connectivity index (χ4v) is 1.71. The quantitative estimate of drug-likeness (QED) is 0.852. The van der Waals surface area contributed by atoms with Crippen LogP contribution in [-0.2, 0) is 0 Å². The van der Waals surface area contributed by atoms with Gasteiger partial charge in [0.15, 0.2) is 0 Å². The standard InChI is InChI=1S/C12H18ClFN2O/c1-16(2)10(8-15)5-6-17-12-4-3-9(14)7-11(12)13/h3-4,7,10H,5-6,8,15H2,1-2H3. The molecule has 0 aliphatic rings. The van der Waals surface area contributed by atoms with Crippen LogP contribution in [0.2, 0.25) is 5.02 Å². The molecule has 1 atom stereocenters. The molecule has 0 aliphatic carbocycles. The third-order valence-electron chi connectivity index (χ3n) is 2.60. The van der Waals surface area contributed by atoms with Crippen LogP contribution >= 0.6 is 11.6 Å². The molecule has 1 unspecified atom stereocenters. The van der Waals surface area contributed by atoms with E-state index in [-0.39, 0.29) is 11.9 Å². The van der Waals surface area contributed by atoms with Crippen molar-refractivity contribution in [2.24, 2.45) is 5.73 Å². The van der Waals surface area contributed by atoms with Gasteiger partial charge in [-0.3, -0.25) is 0 Å². The van der Waals surface area contributed by atoms with Crippen LogP contribution in [-0.4, -0.2) is 38.2 Å². The Kier molecular flexibility index (Phi) is 5.68. The zero-order valence-corrected chi connectivity index (χ0v) is 10.9. The SMILES string of the molecule is CN(C)C(CN)CCOc1ccc(F)cc1Cl. The number of halogens is 2. The third kappa shape index (κ3) is 4.50. The maximum Gasteiger partial charge on any atom is 0.138 e. The molecule has 1 rings (SSSR count). The lowest BCUT2D eigenvalue weighted by molar-refractivity contribution is 0.225. The second-order valence-corrected chi connectivity index (χ2v) is 4.47. The van der Waals surface area contributed by atoms with Gasteiger partial charge in [0.1, 0.15) is 11.6 Å². The molecule has 0 radical (unpaired) electrons. The molecule has 0 spiro atoms. The molecule has 0 saturated heterocycles. The van der Waals surface area contributed by atoms with Gasteiger partial charge in [-0.1, -0.05) is 11.6 Å². The highest BCUT2D eigenvalue weighted by Crippen LogP contribution is 2.24. The maximum absolute atomic E-state index is 12.8. The minimum absolute atomic E-state index is 0.272. The summed E-state index contributed by atoms with van der Waals surface area (Å²) in [5.41, 5.74) is 5.63. The fourth-order valence-electron chi connectivity index (χ4n) is 1.48. The molecule has 0 amide bonds. The largest absolute Gasteiger partial charge is 0.492 e. The van der Waals surface area contributed by atoms with Crippen molar-refractivity contribution in [1.82, 2.24) is 4.90 Å². The van der Waals surface area contributed by atoms with Gasteiger partial charge in [0.25, 0.3) is 0 Å². The zero-order chi connectivity index (χ0) is 12.8. The zero-order valence-electron chi connectivity index (χ0n) is 10.1. The van der Waals surface area contributed by atoms with Crippen molar-refractivity contribution in [2.75, 3.05) is 27.2 Å². The molecule has 1 aromatic rings. The van der Waals surface area contributed by atoms with Crippen LogP contribution in [0.3, 0.4) is 0 Å². The van der Waals surface area contributed by atoms with Gasteiger partial charge >= 0.3 is 0 Å². The normalized spacial score (nSPS) is 12.8. The summed E-state index contributed by atoms with van der Waals surface area (Å²) in [6.07, 6.45) is 0.803. The van der Waals surface area contributed by atoms with E-state index in [0.29, 0.717) is 23.9 Å².